The van der Waals surface area contributed by atoms with Gasteiger partial charge in [-0.05, 0) is 69.8 Å². The summed E-state index contributed by atoms with van der Waals surface area (Å²) in [6.07, 6.45) is 3.28. The monoisotopic (exact) mass is 278 g/mol. The van der Waals surface area contributed by atoms with Crippen LogP contribution in [-0.2, 0) is 6.42 Å². The number of nitriles is 1. The Labute approximate surface area is 120 Å². The summed E-state index contributed by atoms with van der Waals surface area (Å²) in [5.41, 5.74) is 6.04. The molecular formula is C16H23FN2O. The zero-order valence-corrected chi connectivity index (χ0v) is 12.3. The van der Waals surface area contributed by atoms with Crippen molar-refractivity contribution in [3.63, 3.8) is 0 Å². The van der Waals surface area contributed by atoms with E-state index >= 15 is 0 Å². The van der Waals surface area contributed by atoms with Gasteiger partial charge in [0.05, 0.1) is 18.1 Å². The van der Waals surface area contributed by atoms with Gasteiger partial charge >= 0.3 is 0 Å². The first-order valence-corrected chi connectivity index (χ1v) is 7.01. The van der Waals surface area contributed by atoms with E-state index in [1.54, 1.807) is 6.07 Å². The lowest BCUT2D eigenvalue weighted by molar-refractivity contribution is 0.292. The van der Waals surface area contributed by atoms with Crippen LogP contribution in [0, 0.1) is 22.6 Å². The van der Waals surface area contributed by atoms with Crippen LogP contribution in [0.5, 0.6) is 5.75 Å². The van der Waals surface area contributed by atoms with Gasteiger partial charge in [0, 0.05) is 0 Å². The fraction of sp³-hybridized carbons (Fsp3) is 0.562. The molecule has 0 unspecified atom stereocenters. The number of halogens is 1. The summed E-state index contributed by atoms with van der Waals surface area (Å²) in [6, 6.07) is 6.81. The van der Waals surface area contributed by atoms with Gasteiger partial charge in [-0.1, -0.05) is 0 Å². The second-order valence-electron chi connectivity index (χ2n) is 5.59. The van der Waals surface area contributed by atoms with Crippen molar-refractivity contribution in [3.05, 3.63) is 29.6 Å². The molecular weight excluding hydrogens is 255 g/mol. The van der Waals surface area contributed by atoms with E-state index in [4.69, 9.17) is 15.7 Å². The van der Waals surface area contributed by atoms with Crippen LogP contribution in [0.2, 0.25) is 0 Å². The molecule has 0 atom stereocenters. The Morgan fingerprint density at radius 1 is 1.35 bits per heavy atom. The van der Waals surface area contributed by atoms with Gasteiger partial charge in [-0.3, -0.25) is 0 Å². The van der Waals surface area contributed by atoms with Crippen LogP contribution in [0.25, 0.3) is 0 Å². The summed E-state index contributed by atoms with van der Waals surface area (Å²) < 4.78 is 18.8. The molecule has 0 aromatic heterocycles. The predicted molar refractivity (Wildman–Crippen MR) is 77.9 cm³/mol. The zero-order chi connectivity index (χ0) is 15.0. The maximum atomic E-state index is 13.2. The summed E-state index contributed by atoms with van der Waals surface area (Å²) in [4.78, 5) is 0. The molecule has 0 aliphatic carbocycles. The molecule has 0 saturated carbocycles. The van der Waals surface area contributed by atoms with Crippen molar-refractivity contribution in [1.29, 1.82) is 5.26 Å². The first-order chi connectivity index (χ1) is 9.48. The third-order valence-corrected chi connectivity index (χ3v) is 3.19. The van der Waals surface area contributed by atoms with E-state index in [0.29, 0.717) is 25.3 Å². The van der Waals surface area contributed by atoms with Crippen LogP contribution in [0.3, 0.4) is 0 Å². The van der Waals surface area contributed by atoms with Gasteiger partial charge < -0.3 is 10.5 Å². The molecule has 0 fully saturated rings. The predicted octanol–water partition coefficient (Wildman–Crippen LogP) is 3.43. The van der Waals surface area contributed by atoms with Crippen molar-refractivity contribution in [2.75, 3.05) is 13.2 Å². The second-order valence-corrected chi connectivity index (χ2v) is 5.59. The minimum Gasteiger partial charge on any atom is -0.493 e. The second kappa shape index (κ2) is 7.86. The molecule has 0 saturated heterocycles. The van der Waals surface area contributed by atoms with Crippen molar-refractivity contribution < 1.29 is 9.13 Å². The van der Waals surface area contributed by atoms with Crippen LogP contribution in [-0.4, -0.2) is 13.2 Å². The molecule has 0 heterocycles. The Kier molecular flexibility index (Phi) is 6.47. The largest absolute Gasteiger partial charge is 0.493 e. The Hall–Kier alpha value is -1.60. The topological polar surface area (TPSA) is 59.0 Å². The molecule has 110 valence electrons. The highest BCUT2D eigenvalue weighted by atomic mass is 19.1. The number of hydrogen-bond donors (Lipinski definition) is 1. The molecule has 20 heavy (non-hydrogen) atoms. The van der Waals surface area contributed by atoms with Crippen molar-refractivity contribution >= 4 is 0 Å². The third-order valence-electron chi connectivity index (χ3n) is 3.19. The van der Waals surface area contributed by atoms with Gasteiger partial charge in [-0.2, -0.15) is 5.26 Å². The van der Waals surface area contributed by atoms with E-state index in [0.717, 1.165) is 24.8 Å². The number of unbranched alkanes of at least 4 members (excludes halogenated alkanes) is 1. The molecule has 0 aliphatic rings. The minimum atomic E-state index is -0.277. The molecule has 1 aromatic carbocycles. The number of nitrogens with two attached hydrogens (primary N) is 1. The maximum absolute atomic E-state index is 13.2. The molecule has 1 aromatic rings. The molecule has 1 rings (SSSR count). The Morgan fingerprint density at radius 3 is 2.75 bits per heavy atom. The van der Waals surface area contributed by atoms with Gasteiger partial charge in [0.15, 0.2) is 0 Å². The van der Waals surface area contributed by atoms with Crippen molar-refractivity contribution in [1.82, 2.24) is 0 Å². The quantitative estimate of drug-likeness (QED) is 0.741. The lowest BCUT2D eigenvalue weighted by Gasteiger charge is -2.15. The van der Waals surface area contributed by atoms with Crippen molar-refractivity contribution in [3.8, 4) is 11.8 Å². The molecule has 3 nitrogen and oxygen atoms in total. The van der Waals surface area contributed by atoms with Crippen LogP contribution < -0.4 is 10.5 Å². The summed E-state index contributed by atoms with van der Waals surface area (Å²) in [6.45, 7) is 4.92. The lowest BCUT2D eigenvalue weighted by atomic mass is 9.89. The fourth-order valence-corrected chi connectivity index (χ4v) is 1.95. The smallest absolute Gasteiger partial charge is 0.123 e. The maximum Gasteiger partial charge on any atom is 0.123 e. The number of nitrogens with zero attached hydrogens (tertiary/aromatic N) is 1. The normalized spacial score (nSPS) is 11.2. The SMILES string of the molecule is CC(C)(C#N)CCCCOc1ccc(F)cc1CCN. The minimum absolute atomic E-state index is 0.267. The van der Waals surface area contributed by atoms with Crippen LogP contribution in [0.4, 0.5) is 4.39 Å². The van der Waals surface area contributed by atoms with E-state index in [-0.39, 0.29) is 11.2 Å². The summed E-state index contributed by atoms with van der Waals surface area (Å²) in [5, 5.41) is 8.92. The summed E-state index contributed by atoms with van der Waals surface area (Å²) in [7, 11) is 0. The average molecular weight is 278 g/mol. The molecule has 0 amide bonds. The van der Waals surface area contributed by atoms with Gasteiger partial charge in [0.25, 0.3) is 0 Å². The van der Waals surface area contributed by atoms with Crippen molar-refractivity contribution in [2.24, 2.45) is 11.1 Å². The molecule has 0 aliphatic heterocycles. The Bertz CT molecular complexity index is 466. The number of rotatable bonds is 8. The standard InChI is InChI=1S/C16H23FN2O/c1-16(2,12-19)8-3-4-10-20-15-6-5-14(17)11-13(15)7-9-18/h5-6,11H,3-4,7-10,18H2,1-2H3. The summed E-state index contributed by atoms with van der Waals surface area (Å²) in [5.74, 6) is 0.438. The molecule has 4 heteroatoms. The highest BCUT2D eigenvalue weighted by Gasteiger charge is 2.15. The first-order valence-electron chi connectivity index (χ1n) is 7.01. The van der Waals surface area contributed by atoms with Crippen LogP contribution in [0.15, 0.2) is 18.2 Å². The van der Waals surface area contributed by atoms with Crippen molar-refractivity contribution in [2.45, 2.75) is 39.5 Å². The fourth-order valence-electron chi connectivity index (χ4n) is 1.95. The average Bonchev–Trinajstić information content (AvgIpc) is 2.41. The number of benzene rings is 1. The molecule has 0 radical (unpaired) electrons. The van der Waals surface area contributed by atoms with Crippen LogP contribution >= 0.6 is 0 Å². The molecule has 2 N–H and O–H groups in total. The zero-order valence-electron chi connectivity index (χ0n) is 12.3. The van der Waals surface area contributed by atoms with E-state index in [1.807, 2.05) is 13.8 Å². The van der Waals surface area contributed by atoms with E-state index < -0.39 is 0 Å². The Balaban J connectivity index is 2.41. The third kappa shape index (κ3) is 5.58. The van der Waals surface area contributed by atoms with E-state index in [1.165, 1.54) is 12.1 Å². The molecule has 0 bridgehead atoms. The highest BCUT2D eigenvalue weighted by Crippen LogP contribution is 2.23. The van der Waals surface area contributed by atoms with Gasteiger partial charge in [0.2, 0.25) is 0 Å². The highest BCUT2D eigenvalue weighted by molar-refractivity contribution is 5.34. The van der Waals surface area contributed by atoms with Gasteiger partial charge in [-0.25, -0.2) is 4.39 Å². The first kappa shape index (κ1) is 16.5. The van der Waals surface area contributed by atoms with E-state index in [2.05, 4.69) is 6.07 Å². The molecule has 0 spiro atoms. The van der Waals surface area contributed by atoms with Crippen LogP contribution in [0.1, 0.15) is 38.7 Å². The summed E-state index contributed by atoms with van der Waals surface area (Å²) >= 11 is 0. The Morgan fingerprint density at radius 2 is 2.10 bits per heavy atom. The van der Waals surface area contributed by atoms with E-state index in [9.17, 15) is 4.39 Å². The number of hydrogen-bond acceptors (Lipinski definition) is 3. The number of ether oxygens (including phenoxy) is 1. The van der Waals surface area contributed by atoms with Gasteiger partial charge in [-0.15, -0.1) is 0 Å². The lowest BCUT2D eigenvalue weighted by Crippen LogP contribution is -2.09. The van der Waals surface area contributed by atoms with Gasteiger partial charge in [0.1, 0.15) is 11.6 Å².